The van der Waals surface area contributed by atoms with Gasteiger partial charge < -0.3 is 0 Å². The van der Waals surface area contributed by atoms with Crippen LogP contribution in [-0.2, 0) is 0 Å². The molecule has 0 fully saturated rings. The molecular weight excluding hydrogens is 188 g/mol. The van der Waals surface area contributed by atoms with Gasteiger partial charge in [0.25, 0.3) is 0 Å². The van der Waals surface area contributed by atoms with E-state index in [1.807, 2.05) is 35.0 Å². The molecule has 2 heterocycles. The third-order valence-electron chi connectivity index (χ3n) is 2.30. The molecule has 0 unspecified atom stereocenters. The highest BCUT2D eigenvalue weighted by molar-refractivity contribution is 5.87. The molecule has 1 aromatic carbocycles. The quantitative estimate of drug-likeness (QED) is 0.596. The SMILES string of the molecule is c1ccc2c(-n3ccnc3)nncc2c1. The van der Waals surface area contributed by atoms with E-state index >= 15 is 0 Å². The van der Waals surface area contributed by atoms with Crippen LogP contribution in [0.5, 0.6) is 0 Å². The third-order valence-corrected chi connectivity index (χ3v) is 2.30. The number of nitrogens with zero attached hydrogens (tertiary/aromatic N) is 4. The van der Waals surface area contributed by atoms with Crippen LogP contribution in [0.4, 0.5) is 0 Å². The van der Waals surface area contributed by atoms with E-state index in [9.17, 15) is 0 Å². The summed E-state index contributed by atoms with van der Waals surface area (Å²) in [6.45, 7) is 0. The maximum absolute atomic E-state index is 4.12. The Morgan fingerprint density at radius 3 is 2.93 bits per heavy atom. The van der Waals surface area contributed by atoms with Gasteiger partial charge in [-0.3, -0.25) is 4.57 Å². The van der Waals surface area contributed by atoms with E-state index in [1.165, 1.54) is 0 Å². The fourth-order valence-electron chi connectivity index (χ4n) is 1.59. The average Bonchev–Trinajstić information content (AvgIpc) is 2.82. The first-order chi connectivity index (χ1) is 7.45. The van der Waals surface area contributed by atoms with Crippen LogP contribution in [0, 0.1) is 0 Å². The Balaban J connectivity index is 2.36. The predicted molar refractivity (Wildman–Crippen MR) is 56.7 cm³/mol. The van der Waals surface area contributed by atoms with Crippen LogP contribution in [0.25, 0.3) is 16.6 Å². The fraction of sp³-hybridized carbons (Fsp3) is 0. The summed E-state index contributed by atoms with van der Waals surface area (Å²) < 4.78 is 1.86. The first-order valence-corrected chi connectivity index (χ1v) is 4.64. The summed E-state index contributed by atoms with van der Waals surface area (Å²) >= 11 is 0. The molecule has 2 aromatic heterocycles. The van der Waals surface area contributed by atoms with Crippen molar-refractivity contribution in [3.63, 3.8) is 0 Å². The van der Waals surface area contributed by atoms with Gasteiger partial charge in [0.15, 0.2) is 5.82 Å². The molecule has 0 spiro atoms. The second-order valence-electron chi connectivity index (χ2n) is 3.23. The van der Waals surface area contributed by atoms with Gasteiger partial charge in [-0.05, 0) is 0 Å². The maximum atomic E-state index is 4.12. The number of benzene rings is 1. The molecule has 3 rings (SSSR count). The summed E-state index contributed by atoms with van der Waals surface area (Å²) in [6, 6.07) is 8.02. The molecule has 0 amide bonds. The van der Waals surface area contributed by atoms with Gasteiger partial charge >= 0.3 is 0 Å². The minimum atomic E-state index is 0.811. The molecule has 0 bridgehead atoms. The number of hydrogen-bond donors (Lipinski definition) is 0. The highest BCUT2D eigenvalue weighted by Crippen LogP contribution is 2.17. The van der Waals surface area contributed by atoms with Gasteiger partial charge in [0.1, 0.15) is 6.33 Å². The zero-order valence-electron chi connectivity index (χ0n) is 7.91. The number of aromatic nitrogens is 4. The second-order valence-corrected chi connectivity index (χ2v) is 3.23. The summed E-state index contributed by atoms with van der Waals surface area (Å²) in [4.78, 5) is 4.00. The van der Waals surface area contributed by atoms with Crippen molar-refractivity contribution in [3.05, 3.63) is 49.2 Å². The number of hydrogen-bond acceptors (Lipinski definition) is 3. The van der Waals surface area contributed by atoms with Crippen molar-refractivity contribution in [3.8, 4) is 5.82 Å². The molecule has 0 radical (unpaired) electrons. The molecule has 0 atom stereocenters. The van der Waals surface area contributed by atoms with Crippen LogP contribution in [0.1, 0.15) is 0 Å². The summed E-state index contributed by atoms with van der Waals surface area (Å²) in [6.07, 6.45) is 7.06. The van der Waals surface area contributed by atoms with Crippen LogP contribution >= 0.6 is 0 Å². The lowest BCUT2D eigenvalue weighted by Crippen LogP contribution is -1.97. The summed E-state index contributed by atoms with van der Waals surface area (Å²) in [7, 11) is 0. The van der Waals surface area contributed by atoms with Crippen LogP contribution in [0.15, 0.2) is 49.2 Å². The Morgan fingerprint density at radius 1 is 1.13 bits per heavy atom. The Morgan fingerprint density at radius 2 is 2.07 bits per heavy atom. The zero-order chi connectivity index (χ0) is 10.1. The molecule has 3 aromatic rings. The topological polar surface area (TPSA) is 43.6 Å². The Bertz CT molecular complexity index is 581. The molecule has 0 aliphatic heterocycles. The van der Waals surface area contributed by atoms with Crippen LogP contribution in [-0.4, -0.2) is 19.7 Å². The van der Waals surface area contributed by atoms with E-state index in [1.54, 1.807) is 18.7 Å². The molecule has 0 saturated heterocycles. The monoisotopic (exact) mass is 196 g/mol. The molecule has 0 aliphatic carbocycles. The first-order valence-electron chi connectivity index (χ1n) is 4.64. The van der Waals surface area contributed by atoms with Crippen molar-refractivity contribution < 1.29 is 0 Å². The molecule has 0 N–H and O–H groups in total. The fourth-order valence-corrected chi connectivity index (χ4v) is 1.59. The third kappa shape index (κ3) is 1.27. The minimum absolute atomic E-state index is 0.811. The van der Waals surface area contributed by atoms with E-state index in [0.29, 0.717) is 0 Å². The van der Waals surface area contributed by atoms with Gasteiger partial charge in [-0.25, -0.2) is 4.98 Å². The number of fused-ring (bicyclic) bond motifs is 1. The van der Waals surface area contributed by atoms with Gasteiger partial charge in [-0.15, -0.1) is 5.10 Å². The van der Waals surface area contributed by atoms with Crippen molar-refractivity contribution >= 4 is 10.8 Å². The first kappa shape index (κ1) is 8.11. The zero-order valence-corrected chi connectivity index (χ0v) is 7.91. The van der Waals surface area contributed by atoms with Gasteiger partial charge in [0, 0.05) is 23.2 Å². The molecule has 0 saturated carbocycles. The molecule has 72 valence electrons. The molecular formula is C11H8N4. The molecule has 0 aliphatic rings. The normalized spacial score (nSPS) is 10.7. The Labute approximate surface area is 86.2 Å². The highest BCUT2D eigenvalue weighted by atomic mass is 15.2. The van der Waals surface area contributed by atoms with E-state index in [4.69, 9.17) is 0 Å². The van der Waals surface area contributed by atoms with Crippen LogP contribution in [0.3, 0.4) is 0 Å². The molecule has 4 heteroatoms. The van der Waals surface area contributed by atoms with Gasteiger partial charge in [-0.2, -0.15) is 5.10 Å². The van der Waals surface area contributed by atoms with E-state index in [0.717, 1.165) is 16.6 Å². The second kappa shape index (κ2) is 3.16. The van der Waals surface area contributed by atoms with Crippen molar-refractivity contribution in [1.29, 1.82) is 0 Å². The smallest absolute Gasteiger partial charge is 0.168 e. The highest BCUT2D eigenvalue weighted by Gasteiger charge is 2.03. The number of rotatable bonds is 1. The van der Waals surface area contributed by atoms with E-state index in [2.05, 4.69) is 15.2 Å². The van der Waals surface area contributed by atoms with Gasteiger partial charge in [-0.1, -0.05) is 24.3 Å². The lowest BCUT2D eigenvalue weighted by Gasteiger charge is -2.03. The molecule has 15 heavy (non-hydrogen) atoms. The minimum Gasteiger partial charge on any atom is -0.289 e. The maximum Gasteiger partial charge on any atom is 0.168 e. The summed E-state index contributed by atoms with van der Waals surface area (Å²) in [5, 5.41) is 10.2. The lowest BCUT2D eigenvalue weighted by atomic mass is 10.2. The van der Waals surface area contributed by atoms with Crippen molar-refractivity contribution in [2.75, 3.05) is 0 Å². The Kier molecular flexibility index (Phi) is 1.71. The Hall–Kier alpha value is -2.23. The van der Waals surface area contributed by atoms with Gasteiger partial charge in [0.2, 0.25) is 0 Å². The average molecular weight is 196 g/mol. The van der Waals surface area contributed by atoms with Crippen LogP contribution in [0.2, 0.25) is 0 Å². The van der Waals surface area contributed by atoms with E-state index in [-0.39, 0.29) is 0 Å². The van der Waals surface area contributed by atoms with Crippen molar-refractivity contribution in [1.82, 2.24) is 19.7 Å². The van der Waals surface area contributed by atoms with Crippen LogP contribution < -0.4 is 0 Å². The summed E-state index contributed by atoms with van der Waals surface area (Å²) in [5.74, 6) is 0.811. The van der Waals surface area contributed by atoms with Crippen molar-refractivity contribution in [2.24, 2.45) is 0 Å². The lowest BCUT2D eigenvalue weighted by molar-refractivity contribution is 0.929. The standard InChI is InChI=1S/C11H8N4/c1-2-4-10-9(3-1)7-13-14-11(10)15-6-5-12-8-15/h1-8H. The predicted octanol–water partition coefficient (Wildman–Crippen LogP) is 1.82. The summed E-state index contributed by atoms with van der Waals surface area (Å²) in [5.41, 5.74) is 0. The largest absolute Gasteiger partial charge is 0.289 e. The van der Waals surface area contributed by atoms with E-state index < -0.39 is 0 Å². The van der Waals surface area contributed by atoms with Crippen molar-refractivity contribution in [2.45, 2.75) is 0 Å². The molecule has 4 nitrogen and oxygen atoms in total. The number of imidazole rings is 1. The van der Waals surface area contributed by atoms with Gasteiger partial charge in [0.05, 0.1) is 6.20 Å².